The van der Waals surface area contributed by atoms with Crippen molar-refractivity contribution in [3.05, 3.63) is 0 Å². The molecule has 1 unspecified atom stereocenters. The molecule has 2 heteroatoms. The highest BCUT2D eigenvalue weighted by molar-refractivity contribution is 4.62. The van der Waals surface area contributed by atoms with E-state index in [0.29, 0.717) is 0 Å². The average molecular weight is 271 g/mol. The molecule has 0 aliphatic heterocycles. The van der Waals surface area contributed by atoms with E-state index >= 15 is 0 Å². The largest absolute Gasteiger partial charge is 0.316 e. The van der Waals surface area contributed by atoms with Crippen molar-refractivity contribution in [1.82, 2.24) is 4.90 Å². The molecule has 0 aliphatic carbocycles. The fourth-order valence-corrected chi connectivity index (χ4v) is 2.46. The van der Waals surface area contributed by atoms with Crippen molar-refractivity contribution >= 4 is 0 Å². The zero-order valence-corrected chi connectivity index (χ0v) is 13.8. The highest BCUT2D eigenvalue weighted by Gasteiger charge is 2.07. The molecule has 0 saturated carbocycles. The van der Waals surface area contributed by atoms with Crippen LogP contribution in [0.25, 0.3) is 0 Å². The third-order valence-corrected chi connectivity index (χ3v) is 4.03. The Morgan fingerprint density at radius 2 is 1.21 bits per heavy atom. The van der Waals surface area contributed by atoms with Gasteiger partial charge in [-0.1, -0.05) is 78.1 Å². The lowest BCUT2D eigenvalue weighted by Gasteiger charge is -2.24. The number of rotatable bonds is 14. The fourth-order valence-electron chi connectivity index (χ4n) is 2.46. The Kier molecular flexibility index (Phi) is 14.3. The molecule has 2 nitrogen and oxygen atoms in total. The molecule has 2 N–H and O–H groups in total. The molecule has 0 aromatic rings. The summed E-state index contributed by atoms with van der Waals surface area (Å²) in [6.45, 7) is 5.66. The van der Waals surface area contributed by atoms with Gasteiger partial charge >= 0.3 is 0 Å². The predicted octanol–water partition coefficient (Wildman–Crippen LogP) is 4.92. The van der Waals surface area contributed by atoms with Crippen LogP contribution in [-0.4, -0.2) is 24.7 Å². The Morgan fingerprint density at radius 1 is 0.737 bits per heavy atom. The van der Waals surface area contributed by atoms with Gasteiger partial charge in [-0.05, 0) is 26.4 Å². The molecule has 0 radical (unpaired) electrons. The summed E-state index contributed by atoms with van der Waals surface area (Å²) >= 11 is 0. The zero-order valence-electron chi connectivity index (χ0n) is 13.8. The van der Waals surface area contributed by atoms with E-state index in [0.717, 1.165) is 13.0 Å². The van der Waals surface area contributed by atoms with Crippen molar-refractivity contribution in [2.24, 2.45) is 5.73 Å². The maximum atomic E-state index is 6.18. The van der Waals surface area contributed by atoms with E-state index in [4.69, 9.17) is 5.73 Å². The van der Waals surface area contributed by atoms with Gasteiger partial charge in [0.15, 0.2) is 0 Å². The topological polar surface area (TPSA) is 29.3 Å². The predicted molar refractivity (Wildman–Crippen MR) is 87.4 cm³/mol. The van der Waals surface area contributed by atoms with E-state index in [1.165, 1.54) is 70.6 Å². The SMILES string of the molecule is CCCCCCCCCCCC(N)N(C)CCCC. The van der Waals surface area contributed by atoms with E-state index in [1.807, 2.05) is 0 Å². The summed E-state index contributed by atoms with van der Waals surface area (Å²) in [5, 5.41) is 0. The standard InChI is InChI=1S/C17H38N2/c1-4-6-8-9-10-11-12-13-14-15-17(18)19(3)16-7-5-2/h17H,4-16,18H2,1-3H3. The number of hydrogen-bond donors (Lipinski definition) is 1. The van der Waals surface area contributed by atoms with E-state index < -0.39 is 0 Å². The van der Waals surface area contributed by atoms with Crippen LogP contribution in [0.4, 0.5) is 0 Å². The first-order chi connectivity index (χ1) is 9.22. The van der Waals surface area contributed by atoms with Gasteiger partial charge in [0, 0.05) is 0 Å². The maximum Gasteiger partial charge on any atom is 0.0569 e. The summed E-state index contributed by atoms with van der Waals surface area (Å²) in [6.07, 6.45) is 16.5. The zero-order chi connectivity index (χ0) is 14.3. The van der Waals surface area contributed by atoms with E-state index in [2.05, 4.69) is 25.8 Å². The molecule has 0 aromatic heterocycles. The maximum absolute atomic E-state index is 6.18. The summed E-state index contributed by atoms with van der Waals surface area (Å²) in [5.41, 5.74) is 6.18. The van der Waals surface area contributed by atoms with Crippen LogP contribution < -0.4 is 5.73 Å². The van der Waals surface area contributed by atoms with Crippen LogP contribution in [0.15, 0.2) is 0 Å². The Labute approximate surface area is 122 Å². The minimum atomic E-state index is 0.274. The Morgan fingerprint density at radius 3 is 1.74 bits per heavy atom. The molecule has 0 spiro atoms. The number of nitrogens with two attached hydrogens (primary N) is 1. The third-order valence-electron chi connectivity index (χ3n) is 4.03. The normalized spacial score (nSPS) is 13.1. The Hall–Kier alpha value is -0.0800. The summed E-state index contributed by atoms with van der Waals surface area (Å²) < 4.78 is 0. The first kappa shape index (κ1) is 18.9. The van der Waals surface area contributed by atoms with Crippen LogP contribution in [0.1, 0.15) is 90.9 Å². The van der Waals surface area contributed by atoms with Crippen LogP contribution in [0.2, 0.25) is 0 Å². The van der Waals surface area contributed by atoms with E-state index in [-0.39, 0.29) is 6.17 Å². The quantitative estimate of drug-likeness (QED) is 0.358. The minimum absolute atomic E-state index is 0.274. The molecule has 0 amide bonds. The van der Waals surface area contributed by atoms with Crippen LogP contribution >= 0.6 is 0 Å². The third kappa shape index (κ3) is 12.7. The highest BCUT2D eigenvalue weighted by Crippen LogP contribution is 2.11. The minimum Gasteiger partial charge on any atom is -0.316 e. The van der Waals surface area contributed by atoms with Gasteiger partial charge in [-0.15, -0.1) is 0 Å². The van der Waals surface area contributed by atoms with Crippen molar-refractivity contribution in [3.8, 4) is 0 Å². The average Bonchev–Trinajstić information content (AvgIpc) is 2.42. The second kappa shape index (κ2) is 14.3. The van der Waals surface area contributed by atoms with Crippen LogP contribution in [-0.2, 0) is 0 Å². The molecule has 0 heterocycles. The molecular weight excluding hydrogens is 232 g/mol. The van der Waals surface area contributed by atoms with Gasteiger partial charge in [0.2, 0.25) is 0 Å². The van der Waals surface area contributed by atoms with Crippen LogP contribution in [0, 0.1) is 0 Å². The van der Waals surface area contributed by atoms with Crippen molar-refractivity contribution in [1.29, 1.82) is 0 Å². The lowest BCUT2D eigenvalue weighted by Crippen LogP contribution is -2.39. The molecular formula is C17H38N2. The van der Waals surface area contributed by atoms with Crippen LogP contribution in [0.3, 0.4) is 0 Å². The first-order valence-electron chi connectivity index (χ1n) is 8.68. The molecule has 116 valence electrons. The summed E-state index contributed by atoms with van der Waals surface area (Å²) in [7, 11) is 2.16. The molecule has 19 heavy (non-hydrogen) atoms. The van der Waals surface area contributed by atoms with Gasteiger partial charge in [0.25, 0.3) is 0 Å². The van der Waals surface area contributed by atoms with Crippen molar-refractivity contribution < 1.29 is 0 Å². The van der Waals surface area contributed by atoms with Gasteiger partial charge in [-0.3, -0.25) is 4.90 Å². The fraction of sp³-hybridized carbons (Fsp3) is 1.00. The molecule has 0 bridgehead atoms. The van der Waals surface area contributed by atoms with Crippen molar-refractivity contribution in [2.75, 3.05) is 13.6 Å². The number of hydrogen-bond acceptors (Lipinski definition) is 2. The van der Waals surface area contributed by atoms with E-state index in [1.54, 1.807) is 0 Å². The van der Waals surface area contributed by atoms with Gasteiger partial charge in [-0.25, -0.2) is 0 Å². The molecule has 0 saturated heterocycles. The summed E-state index contributed by atoms with van der Waals surface area (Å²) in [6, 6.07) is 0. The smallest absolute Gasteiger partial charge is 0.0569 e. The lowest BCUT2D eigenvalue weighted by molar-refractivity contribution is 0.227. The highest BCUT2D eigenvalue weighted by atomic mass is 15.2. The summed E-state index contributed by atoms with van der Waals surface area (Å²) in [4.78, 5) is 2.31. The van der Waals surface area contributed by atoms with E-state index in [9.17, 15) is 0 Å². The first-order valence-corrected chi connectivity index (χ1v) is 8.68. The number of unbranched alkanes of at least 4 members (excludes halogenated alkanes) is 9. The molecule has 0 fully saturated rings. The lowest BCUT2D eigenvalue weighted by atomic mass is 10.1. The van der Waals surface area contributed by atoms with Gasteiger partial charge in [0.1, 0.15) is 0 Å². The molecule has 0 aliphatic rings. The second-order valence-corrected chi connectivity index (χ2v) is 6.02. The Balaban J connectivity index is 3.24. The Bertz CT molecular complexity index is 171. The summed E-state index contributed by atoms with van der Waals surface area (Å²) in [5.74, 6) is 0. The van der Waals surface area contributed by atoms with Gasteiger partial charge in [0.05, 0.1) is 6.17 Å². The van der Waals surface area contributed by atoms with Crippen LogP contribution in [0.5, 0.6) is 0 Å². The van der Waals surface area contributed by atoms with Gasteiger partial charge < -0.3 is 5.73 Å². The van der Waals surface area contributed by atoms with Crippen molar-refractivity contribution in [3.63, 3.8) is 0 Å². The second-order valence-electron chi connectivity index (χ2n) is 6.02. The number of nitrogens with zero attached hydrogens (tertiary/aromatic N) is 1. The molecule has 0 rings (SSSR count). The van der Waals surface area contributed by atoms with Gasteiger partial charge in [-0.2, -0.15) is 0 Å². The monoisotopic (exact) mass is 270 g/mol. The molecule has 1 atom stereocenters. The van der Waals surface area contributed by atoms with Crippen molar-refractivity contribution in [2.45, 2.75) is 97.1 Å². The molecule has 0 aromatic carbocycles.